The molecular formula is C24H22ClNO2. The summed E-state index contributed by atoms with van der Waals surface area (Å²) >= 11 is 5.96. The Morgan fingerprint density at radius 1 is 1.00 bits per heavy atom. The summed E-state index contributed by atoms with van der Waals surface area (Å²) in [6.07, 6.45) is 0.710. The fraction of sp³-hybridized carbons (Fsp3) is 0.208. The number of nitrogens with zero attached hydrogens (tertiary/aromatic N) is 1. The van der Waals surface area contributed by atoms with E-state index in [4.69, 9.17) is 16.3 Å². The second kappa shape index (κ2) is 8.07. The number of amides is 1. The molecule has 1 heterocycles. The van der Waals surface area contributed by atoms with Gasteiger partial charge >= 0.3 is 0 Å². The molecule has 0 aromatic heterocycles. The number of halogens is 1. The van der Waals surface area contributed by atoms with E-state index in [1.165, 1.54) is 0 Å². The molecule has 0 bridgehead atoms. The number of benzene rings is 3. The molecule has 3 nitrogen and oxygen atoms in total. The monoisotopic (exact) mass is 391 g/mol. The average molecular weight is 392 g/mol. The summed E-state index contributed by atoms with van der Waals surface area (Å²) in [6.45, 7) is 3.29. The van der Waals surface area contributed by atoms with Gasteiger partial charge in [-0.3, -0.25) is 4.79 Å². The second-order valence-corrected chi connectivity index (χ2v) is 7.49. The van der Waals surface area contributed by atoms with Crippen molar-refractivity contribution in [2.45, 2.75) is 26.0 Å². The number of hydrogen-bond donors (Lipinski definition) is 0. The van der Waals surface area contributed by atoms with Crippen molar-refractivity contribution in [3.05, 3.63) is 100 Å². The van der Waals surface area contributed by atoms with Crippen LogP contribution in [0.25, 0.3) is 0 Å². The first-order valence-electron chi connectivity index (χ1n) is 9.49. The smallest absolute Gasteiger partial charge is 0.254 e. The molecule has 4 rings (SSSR count). The number of carbonyl (C=O) groups excluding carboxylic acids is 1. The number of hydrogen-bond acceptors (Lipinski definition) is 2. The zero-order chi connectivity index (χ0) is 19.5. The van der Waals surface area contributed by atoms with Crippen molar-refractivity contribution in [3.63, 3.8) is 0 Å². The zero-order valence-corrected chi connectivity index (χ0v) is 16.5. The molecule has 28 heavy (non-hydrogen) atoms. The lowest BCUT2D eigenvalue weighted by Gasteiger charge is -2.30. The van der Waals surface area contributed by atoms with Gasteiger partial charge in [-0.1, -0.05) is 60.1 Å². The van der Waals surface area contributed by atoms with Crippen LogP contribution in [0.5, 0.6) is 5.75 Å². The molecule has 1 unspecified atom stereocenters. The van der Waals surface area contributed by atoms with Crippen LogP contribution in [0.3, 0.4) is 0 Å². The Bertz CT molecular complexity index is 970. The number of carbonyl (C=O) groups is 1. The summed E-state index contributed by atoms with van der Waals surface area (Å²) in [5.41, 5.74) is 3.93. The summed E-state index contributed by atoms with van der Waals surface area (Å²) in [7, 11) is 0. The van der Waals surface area contributed by atoms with Gasteiger partial charge in [-0.05, 0) is 48.7 Å². The first-order valence-corrected chi connectivity index (χ1v) is 9.87. The molecule has 3 aromatic carbocycles. The normalized spacial score (nSPS) is 14.5. The van der Waals surface area contributed by atoms with E-state index < -0.39 is 0 Å². The van der Waals surface area contributed by atoms with Crippen molar-refractivity contribution in [1.29, 1.82) is 0 Å². The number of fused-ring (bicyclic) bond motifs is 1. The largest absolute Gasteiger partial charge is 0.486 e. The minimum atomic E-state index is -0.0742. The van der Waals surface area contributed by atoms with Crippen molar-refractivity contribution in [3.8, 4) is 5.75 Å². The van der Waals surface area contributed by atoms with Gasteiger partial charge in [0.25, 0.3) is 5.91 Å². The predicted molar refractivity (Wildman–Crippen MR) is 112 cm³/mol. The number of rotatable bonds is 5. The van der Waals surface area contributed by atoms with Crippen molar-refractivity contribution < 1.29 is 9.53 Å². The quantitative estimate of drug-likeness (QED) is 0.560. The maximum absolute atomic E-state index is 13.0. The molecule has 0 saturated carbocycles. The van der Waals surface area contributed by atoms with Crippen LogP contribution in [0.4, 0.5) is 0 Å². The average Bonchev–Trinajstić information content (AvgIpc) is 2.73. The Morgan fingerprint density at radius 3 is 2.50 bits per heavy atom. The van der Waals surface area contributed by atoms with Gasteiger partial charge < -0.3 is 9.64 Å². The Balaban J connectivity index is 1.53. The second-order valence-electron chi connectivity index (χ2n) is 7.06. The molecule has 1 amide bonds. The molecule has 0 N–H and O–H groups in total. The zero-order valence-electron chi connectivity index (χ0n) is 15.8. The van der Waals surface area contributed by atoms with Crippen LogP contribution in [-0.4, -0.2) is 17.4 Å². The van der Waals surface area contributed by atoms with Crippen molar-refractivity contribution in [1.82, 2.24) is 4.90 Å². The van der Waals surface area contributed by atoms with E-state index in [-0.39, 0.29) is 12.0 Å². The summed E-state index contributed by atoms with van der Waals surface area (Å²) in [6, 6.07) is 23.5. The highest BCUT2D eigenvalue weighted by molar-refractivity contribution is 6.30. The number of ether oxygens (including phenoxy) is 1. The summed E-state index contributed by atoms with van der Waals surface area (Å²) < 4.78 is 6.23. The lowest BCUT2D eigenvalue weighted by Crippen LogP contribution is -2.37. The van der Waals surface area contributed by atoms with Crippen LogP contribution >= 0.6 is 11.6 Å². The first-order chi connectivity index (χ1) is 13.6. The van der Waals surface area contributed by atoms with Gasteiger partial charge in [-0.2, -0.15) is 0 Å². The molecule has 3 aromatic rings. The fourth-order valence-electron chi connectivity index (χ4n) is 3.60. The molecule has 1 aliphatic heterocycles. The summed E-state index contributed by atoms with van der Waals surface area (Å²) in [4.78, 5) is 14.9. The summed E-state index contributed by atoms with van der Waals surface area (Å²) in [5.74, 6) is 0.849. The molecule has 1 aliphatic rings. The topological polar surface area (TPSA) is 29.5 Å². The van der Waals surface area contributed by atoms with E-state index in [1.807, 2.05) is 72.5 Å². The molecule has 1 atom stereocenters. The molecular weight excluding hydrogens is 370 g/mol. The lowest BCUT2D eigenvalue weighted by molar-refractivity contribution is 0.0724. The van der Waals surface area contributed by atoms with Crippen LogP contribution in [0.1, 0.15) is 40.1 Å². The summed E-state index contributed by atoms with van der Waals surface area (Å²) in [5, 5.41) is 0.702. The third-order valence-corrected chi connectivity index (χ3v) is 5.39. The van der Waals surface area contributed by atoms with E-state index in [2.05, 4.69) is 12.1 Å². The minimum Gasteiger partial charge on any atom is -0.486 e. The van der Waals surface area contributed by atoms with Crippen LogP contribution in [-0.2, 0) is 13.0 Å². The standard InChI is InChI=1S/C24H22ClNO2/c1-17(19-6-3-2-4-7-19)28-23-9-5-8-22-21(23)14-15-26(24(22)27)16-18-10-12-20(25)13-11-18/h2-13,17H,14-16H2,1H3. The maximum Gasteiger partial charge on any atom is 0.254 e. The third kappa shape index (κ3) is 3.90. The van der Waals surface area contributed by atoms with Gasteiger partial charge in [0.2, 0.25) is 0 Å². The van der Waals surface area contributed by atoms with Gasteiger partial charge in [-0.25, -0.2) is 0 Å². The Morgan fingerprint density at radius 2 is 1.75 bits per heavy atom. The fourth-order valence-corrected chi connectivity index (χ4v) is 3.72. The molecule has 142 valence electrons. The van der Waals surface area contributed by atoms with Crippen molar-refractivity contribution in [2.75, 3.05) is 6.54 Å². The van der Waals surface area contributed by atoms with Crippen LogP contribution in [0.15, 0.2) is 72.8 Å². The van der Waals surface area contributed by atoms with E-state index in [0.717, 1.165) is 34.4 Å². The molecule has 0 aliphatic carbocycles. The highest BCUT2D eigenvalue weighted by atomic mass is 35.5. The molecule has 0 fully saturated rings. The first kappa shape index (κ1) is 18.6. The van der Waals surface area contributed by atoms with Gasteiger partial charge in [-0.15, -0.1) is 0 Å². The molecule has 0 radical (unpaired) electrons. The van der Waals surface area contributed by atoms with E-state index in [0.29, 0.717) is 18.1 Å². The minimum absolute atomic E-state index is 0.0500. The predicted octanol–water partition coefficient (Wildman–Crippen LogP) is 5.68. The van der Waals surface area contributed by atoms with Crippen LogP contribution < -0.4 is 4.74 Å². The van der Waals surface area contributed by atoms with E-state index >= 15 is 0 Å². The molecule has 0 saturated heterocycles. The molecule has 4 heteroatoms. The van der Waals surface area contributed by atoms with Gasteiger partial charge in [0.05, 0.1) is 0 Å². The highest BCUT2D eigenvalue weighted by Crippen LogP contribution is 2.32. The highest BCUT2D eigenvalue weighted by Gasteiger charge is 2.27. The van der Waals surface area contributed by atoms with E-state index in [9.17, 15) is 4.79 Å². The SMILES string of the molecule is CC(Oc1cccc2c1CCN(Cc1ccc(Cl)cc1)C2=O)c1ccccc1. The van der Waals surface area contributed by atoms with Crippen molar-refractivity contribution >= 4 is 17.5 Å². The van der Waals surface area contributed by atoms with Gasteiger partial charge in [0, 0.05) is 29.2 Å². The Labute approximate surface area is 170 Å². The van der Waals surface area contributed by atoms with Crippen molar-refractivity contribution in [2.24, 2.45) is 0 Å². The Kier molecular flexibility index (Phi) is 5.36. The maximum atomic E-state index is 13.0. The van der Waals surface area contributed by atoms with E-state index in [1.54, 1.807) is 0 Å². The van der Waals surface area contributed by atoms with Crippen LogP contribution in [0.2, 0.25) is 5.02 Å². The van der Waals surface area contributed by atoms with Gasteiger partial charge in [0.15, 0.2) is 0 Å². The Hall–Kier alpha value is -2.78. The van der Waals surface area contributed by atoms with Gasteiger partial charge in [0.1, 0.15) is 11.9 Å². The van der Waals surface area contributed by atoms with Crippen LogP contribution in [0, 0.1) is 0 Å². The molecule has 0 spiro atoms. The lowest BCUT2D eigenvalue weighted by atomic mass is 9.97. The third-order valence-electron chi connectivity index (χ3n) is 5.14.